The van der Waals surface area contributed by atoms with Crippen LogP contribution in [0.15, 0.2) is 0 Å². The summed E-state index contributed by atoms with van der Waals surface area (Å²) in [6.07, 6.45) is 4.80. The van der Waals surface area contributed by atoms with E-state index in [1.165, 1.54) is 25.7 Å². The monoisotopic (exact) mass is 289 g/mol. The van der Waals surface area contributed by atoms with Crippen LogP contribution in [0.4, 0.5) is 0 Å². The van der Waals surface area contributed by atoms with E-state index in [2.05, 4.69) is 13.8 Å². The zero-order valence-electron chi connectivity index (χ0n) is 8.62. The van der Waals surface area contributed by atoms with Crippen LogP contribution in [-0.4, -0.2) is 11.5 Å². The van der Waals surface area contributed by atoms with Gasteiger partial charge in [-0.25, -0.2) is 0 Å². The van der Waals surface area contributed by atoms with Crippen molar-refractivity contribution >= 4 is 29.3 Å². The SMILES string of the molecule is CCCCSP([O-])SCCCC.[Zn]. The number of hydrogen-bond donors (Lipinski definition) is 0. The van der Waals surface area contributed by atoms with Crippen LogP contribution in [0.25, 0.3) is 0 Å². The van der Waals surface area contributed by atoms with Crippen LogP contribution in [0, 0.1) is 0 Å². The van der Waals surface area contributed by atoms with Gasteiger partial charge in [0.2, 0.25) is 0 Å². The van der Waals surface area contributed by atoms with Gasteiger partial charge in [-0.05, 0) is 24.3 Å². The van der Waals surface area contributed by atoms with Gasteiger partial charge in [0.15, 0.2) is 0 Å². The molecule has 0 aliphatic carbocycles. The van der Waals surface area contributed by atoms with E-state index < -0.39 is 6.55 Å². The van der Waals surface area contributed by atoms with E-state index in [0.29, 0.717) is 0 Å². The minimum Gasteiger partial charge on any atom is -0.813 e. The van der Waals surface area contributed by atoms with E-state index in [1.807, 2.05) is 0 Å². The van der Waals surface area contributed by atoms with Crippen LogP contribution in [0.5, 0.6) is 0 Å². The molecule has 0 aromatic heterocycles. The summed E-state index contributed by atoms with van der Waals surface area (Å²) >= 11 is 3.25. The second-order valence-electron chi connectivity index (χ2n) is 2.60. The first-order chi connectivity index (χ1) is 5.81. The largest absolute Gasteiger partial charge is 0.813 e. The average Bonchev–Trinajstić information content (AvgIpc) is 2.06. The van der Waals surface area contributed by atoms with Gasteiger partial charge in [-0.3, -0.25) is 0 Å². The van der Waals surface area contributed by atoms with Crippen LogP contribution < -0.4 is 4.89 Å². The van der Waals surface area contributed by atoms with Crippen LogP contribution >= 0.6 is 29.3 Å². The average molecular weight is 291 g/mol. The summed E-state index contributed by atoms with van der Waals surface area (Å²) in [5, 5.41) is 0. The Morgan fingerprint density at radius 1 is 1.00 bits per heavy atom. The van der Waals surface area contributed by atoms with Gasteiger partial charge >= 0.3 is 0 Å². The molecule has 0 saturated carbocycles. The summed E-state index contributed by atoms with van der Waals surface area (Å²) in [6.45, 7) is 3.31. The number of unbranched alkanes of at least 4 members (excludes halogenated alkanes) is 2. The molecule has 0 spiro atoms. The van der Waals surface area contributed by atoms with Crippen molar-refractivity contribution in [3.8, 4) is 0 Å². The van der Waals surface area contributed by atoms with Crippen molar-refractivity contribution in [1.29, 1.82) is 0 Å². The number of hydrogen-bond acceptors (Lipinski definition) is 3. The molecule has 0 amide bonds. The van der Waals surface area contributed by atoms with E-state index >= 15 is 0 Å². The Morgan fingerprint density at radius 2 is 1.38 bits per heavy atom. The molecule has 0 bridgehead atoms. The van der Waals surface area contributed by atoms with Crippen molar-refractivity contribution in [2.45, 2.75) is 39.5 Å². The molecule has 0 fully saturated rings. The van der Waals surface area contributed by atoms with E-state index in [9.17, 15) is 4.89 Å². The zero-order chi connectivity index (χ0) is 9.23. The van der Waals surface area contributed by atoms with Crippen molar-refractivity contribution in [2.75, 3.05) is 11.5 Å². The molecule has 0 radical (unpaired) electrons. The van der Waals surface area contributed by atoms with Gasteiger partial charge in [0, 0.05) is 19.5 Å². The van der Waals surface area contributed by atoms with Crippen LogP contribution in [0.1, 0.15) is 39.5 Å². The first kappa shape index (κ1) is 17.1. The molecule has 1 nitrogen and oxygen atoms in total. The maximum atomic E-state index is 11.3. The Labute approximate surface area is 104 Å². The topological polar surface area (TPSA) is 23.1 Å². The first-order valence-corrected chi connectivity index (χ1v) is 8.98. The summed E-state index contributed by atoms with van der Waals surface area (Å²) in [5.41, 5.74) is 0. The normalized spacial score (nSPS) is 10.2. The van der Waals surface area contributed by atoms with Gasteiger partial charge in [-0.2, -0.15) is 0 Å². The smallest absolute Gasteiger partial charge is 0 e. The van der Waals surface area contributed by atoms with Crippen molar-refractivity contribution in [2.24, 2.45) is 0 Å². The van der Waals surface area contributed by atoms with Gasteiger partial charge in [0.25, 0.3) is 0 Å². The molecular formula is C8H18OPS2Zn-. The molecule has 0 unspecified atom stereocenters. The van der Waals surface area contributed by atoms with Gasteiger partial charge < -0.3 is 4.89 Å². The fourth-order valence-electron chi connectivity index (χ4n) is 0.604. The molecular weight excluding hydrogens is 273 g/mol. The Morgan fingerprint density at radius 3 is 1.69 bits per heavy atom. The molecule has 0 aromatic rings. The van der Waals surface area contributed by atoms with Crippen molar-refractivity contribution in [3.05, 3.63) is 0 Å². The van der Waals surface area contributed by atoms with Crippen LogP contribution in [0.2, 0.25) is 0 Å². The van der Waals surface area contributed by atoms with Crippen molar-refractivity contribution in [3.63, 3.8) is 0 Å². The summed E-state index contributed by atoms with van der Waals surface area (Å²) in [5.74, 6) is 2.12. The van der Waals surface area contributed by atoms with E-state index in [1.54, 1.807) is 22.8 Å². The third kappa shape index (κ3) is 13.7. The summed E-state index contributed by atoms with van der Waals surface area (Å²) in [6, 6.07) is 0. The Balaban J connectivity index is 0. The van der Waals surface area contributed by atoms with Gasteiger partial charge in [0.05, 0.1) is 0 Å². The second kappa shape index (κ2) is 13.7. The van der Waals surface area contributed by atoms with E-state index in [-0.39, 0.29) is 19.5 Å². The standard InChI is InChI=1S/C8H18OPS2.Zn/c1-3-5-7-11-10(9)12-8-6-4-2;/h3-8H2,1-2H3;/q-1;. The van der Waals surface area contributed by atoms with E-state index in [0.717, 1.165) is 11.5 Å². The predicted molar refractivity (Wildman–Crippen MR) is 61.7 cm³/mol. The van der Waals surface area contributed by atoms with Gasteiger partial charge in [-0.15, -0.1) is 22.8 Å². The Hall–Kier alpha value is 1.71. The first-order valence-electron chi connectivity index (χ1n) is 4.54. The molecule has 0 N–H and O–H groups in total. The zero-order valence-corrected chi connectivity index (χ0v) is 14.1. The molecule has 0 aliphatic rings. The molecule has 76 valence electrons. The molecule has 0 aliphatic heterocycles. The molecule has 13 heavy (non-hydrogen) atoms. The third-order valence-electron chi connectivity index (χ3n) is 1.39. The van der Waals surface area contributed by atoms with Crippen LogP contribution in [-0.2, 0) is 19.5 Å². The fourth-order valence-corrected chi connectivity index (χ4v) is 5.72. The third-order valence-corrected chi connectivity index (χ3v) is 7.01. The molecule has 0 aromatic carbocycles. The van der Waals surface area contributed by atoms with Gasteiger partial charge in [0.1, 0.15) is 0 Å². The summed E-state index contributed by atoms with van der Waals surface area (Å²) in [4.78, 5) is 11.3. The fraction of sp³-hybridized carbons (Fsp3) is 1.00. The minimum absolute atomic E-state index is 0. The number of rotatable bonds is 8. The Kier molecular flexibility index (Phi) is 18.1. The molecule has 0 rings (SSSR count). The maximum absolute atomic E-state index is 11.3. The second-order valence-corrected chi connectivity index (χ2v) is 8.61. The van der Waals surface area contributed by atoms with Crippen LogP contribution in [0.3, 0.4) is 0 Å². The Bertz CT molecular complexity index is 88.2. The van der Waals surface area contributed by atoms with Gasteiger partial charge in [-0.1, -0.05) is 33.2 Å². The maximum Gasteiger partial charge on any atom is 0 e. The minimum atomic E-state index is -1.02. The summed E-state index contributed by atoms with van der Waals surface area (Å²) < 4.78 is 0. The van der Waals surface area contributed by atoms with Crippen molar-refractivity contribution < 1.29 is 24.4 Å². The van der Waals surface area contributed by atoms with Crippen molar-refractivity contribution in [1.82, 2.24) is 0 Å². The molecule has 0 heterocycles. The molecule has 5 heteroatoms. The molecule has 0 saturated heterocycles. The quantitative estimate of drug-likeness (QED) is 0.387. The summed E-state index contributed by atoms with van der Waals surface area (Å²) in [7, 11) is 0. The molecule has 0 atom stereocenters. The predicted octanol–water partition coefficient (Wildman–Crippen LogP) is 3.64. The van der Waals surface area contributed by atoms with E-state index in [4.69, 9.17) is 0 Å².